The van der Waals surface area contributed by atoms with Crippen LogP contribution >= 0.6 is 0 Å². The van der Waals surface area contributed by atoms with Crippen LogP contribution in [-0.2, 0) is 0 Å². The highest BCUT2D eigenvalue weighted by Gasteiger charge is 2.34. The molecule has 1 saturated heterocycles. The zero-order valence-electron chi connectivity index (χ0n) is 14.8. The van der Waals surface area contributed by atoms with Gasteiger partial charge in [0.1, 0.15) is 5.65 Å². The van der Waals surface area contributed by atoms with Gasteiger partial charge in [0.15, 0.2) is 0 Å². The largest absolute Gasteiger partial charge is 0.478 e. The summed E-state index contributed by atoms with van der Waals surface area (Å²) in [4.78, 5) is 17.5. The highest BCUT2D eigenvalue weighted by molar-refractivity contribution is 6.04. The fourth-order valence-corrected chi connectivity index (χ4v) is 4.08. The number of carboxylic acids is 1. The van der Waals surface area contributed by atoms with Crippen LogP contribution in [0.5, 0.6) is 0 Å². The predicted octanol–water partition coefficient (Wildman–Crippen LogP) is 3.88. The Bertz CT molecular complexity index is 808. The normalized spacial score (nSPS) is 18.3. The third-order valence-electron chi connectivity index (χ3n) is 5.35. The number of rotatable bonds is 4. The molecule has 0 spiro atoms. The topological polar surface area (TPSA) is 58.4 Å². The van der Waals surface area contributed by atoms with Crippen LogP contribution in [-0.4, -0.2) is 51.3 Å². The SMILES string of the molecule is Cc1c(C(=O)O)c2cccnc2n1C(C)C1CCN(CC(F)(F)F)CC1. The van der Waals surface area contributed by atoms with Gasteiger partial charge < -0.3 is 9.67 Å². The highest BCUT2D eigenvalue weighted by Crippen LogP contribution is 2.35. The quantitative estimate of drug-likeness (QED) is 0.889. The predicted molar refractivity (Wildman–Crippen MR) is 91.4 cm³/mol. The third kappa shape index (κ3) is 3.56. The van der Waals surface area contributed by atoms with E-state index in [1.54, 1.807) is 25.3 Å². The van der Waals surface area contributed by atoms with Gasteiger partial charge in [-0.2, -0.15) is 13.2 Å². The van der Waals surface area contributed by atoms with E-state index in [9.17, 15) is 23.1 Å². The van der Waals surface area contributed by atoms with Gasteiger partial charge in [0, 0.05) is 23.3 Å². The molecule has 0 amide bonds. The fourth-order valence-electron chi connectivity index (χ4n) is 4.08. The molecule has 0 radical (unpaired) electrons. The minimum absolute atomic E-state index is 0.0338. The van der Waals surface area contributed by atoms with E-state index < -0.39 is 18.7 Å². The number of piperidine rings is 1. The first-order valence-corrected chi connectivity index (χ1v) is 8.67. The smallest absolute Gasteiger partial charge is 0.401 e. The summed E-state index contributed by atoms with van der Waals surface area (Å²) in [5, 5.41) is 10.2. The summed E-state index contributed by atoms with van der Waals surface area (Å²) >= 11 is 0. The Hall–Kier alpha value is -2.09. The molecule has 1 atom stereocenters. The Morgan fingerprint density at radius 1 is 1.38 bits per heavy atom. The van der Waals surface area contributed by atoms with Gasteiger partial charge >= 0.3 is 12.1 Å². The number of fused-ring (bicyclic) bond motifs is 1. The van der Waals surface area contributed by atoms with Crippen LogP contribution in [0.1, 0.15) is 41.9 Å². The Morgan fingerprint density at radius 3 is 2.62 bits per heavy atom. The first kappa shape index (κ1) is 18.7. The molecule has 3 rings (SSSR count). The number of aromatic carboxylic acids is 1. The number of hydrogen-bond donors (Lipinski definition) is 1. The molecular formula is C18H22F3N3O2. The molecule has 142 valence electrons. The molecule has 0 saturated carbocycles. The van der Waals surface area contributed by atoms with Crippen LogP contribution in [0.2, 0.25) is 0 Å². The van der Waals surface area contributed by atoms with Gasteiger partial charge in [0.25, 0.3) is 0 Å². The summed E-state index contributed by atoms with van der Waals surface area (Å²) in [6, 6.07) is 3.42. The molecule has 1 aliphatic heterocycles. The maximum Gasteiger partial charge on any atom is 0.401 e. The van der Waals surface area contributed by atoms with E-state index in [1.165, 1.54) is 4.90 Å². The van der Waals surface area contributed by atoms with E-state index in [1.807, 2.05) is 11.5 Å². The molecule has 1 N–H and O–H groups in total. The molecular weight excluding hydrogens is 347 g/mol. The van der Waals surface area contributed by atoms with Gasteiger partial charge in [-0.1, -0.05) is 0 Å². The molecule has 3 heterocycles. The van der Waals surface area contributed by atoms with E-state index in [2.05, 4.69) is 4.98 Å². The minimum Gasteiger partial charge on any atom is -0.478 e. The molecule has 0 bridgehead atoms. The maximum atomic E-state index is 12.6. The summed E-state index contributed by atoms with van der Waals surface area (Å²) in [5.41, 5.74) is 1.50. The molecule has 1 aliphatic rings. The van der Waals surface area contributed by atoms with Gasteiger partial charge in [0.05, 0.1) is 12.1 Å². The van der Waals surface area contributed by atoms with Crippen LogP contribution in [0.25, 0.3) is 11.0 Å². The number of carboxylic acid groups (broad SMARTS) is 1. The van der Waals surface area contributed by atoms with E-state index in [4.69, 9.17) is 0 Å². The van der Waals surface area contributed by atoms with Crippen molar-refractivity contribution in [3.8, 4) is 0 Å². The number of carbonyl (C=O) groups is 1. The Balaban J connectivity index is 1.84. The minimum atomic E-state index is -4.17. The van der Waals surface area contributed by atoms with E-state index in [0.29, 0.717) is 42.7 Å². The zero-order valence-corrected chi connectivity index (χ0v) is 14.8. The second-order valence-corrected chi connectivity index (χ2v) is 6.98. The lowest BCUT2D eigenvalue weighted by molar-refractivity contribution is -0.149. The van der Waals surface area contributed by atoms with Gasteiger partial charge in [-0.25, -0.2) is 9.78 Å². The molecule has 5 nitrogen and oxygen atoms in total. The number of nitrogens with zero attached hydrogens (tertiary/aromatic N) is 3. The van der Waals surface area contributed by atoms with Crippen molar-refractivity contribution in [2.75, 3.05) is 19.6 Å². The zero-order chi connectivity index (χ0) is 19.1. The number of alkyl halides is 3. The second-order valence-electron chi connectivity index (χ2n) is 6.98. The van der Waals surface area contributed by atoms with E-state index >= 15 is 0 Å². The summed E-state index contributed by atoms with van der Waals surface area (Å²) in [6.45, 7) is 3.68. The summed E-state index contributed by atoms with van der Waals surface area (Å²) in [5.74, 6) is -0.816. The number of halogens is 3. The van der Waals surface area contributed by atoms with Crippen molar-refractivity contribution in [3.05, 3.63) is 29.6 Å². The molecule has 2 aromatic heterocycles. The molecule has 0 aliphatic carbocycles. The van der Waals surface area contributed by atoms with Crippen molar-refractivity contribution < 1.29 is 23.1 Å². The van der Waals surface area contributed by atoms with Crippen LogP contribution in [0.3, 0.4) is 0 Å². The monoisotopic (exact) mass is 369 g/mol. The van der Waals surface area contributed by atoms with Crippen molar-refractivity contribution >= 4 is 17.0 Å². The third-order valence-corrected chi connectivity index (χ3v) is 5.35. The number of hydrogen-bond acceptors (Lipinski definition) is 3. The van der Waals surface area contributed by atoms with Gasteiger partial charge in [0.2, 0.25) is 0 Å². The van der Waals surface area contributed by atoms with E-state index in [-0.39, 0.29) is 17.5 Å². The highest BCUT2D eigenvalue weighted by atomic mass is 19.4. The van der Waals surface area contributed by atoms with Crippen molar-refractivity contribution in [1.82, 2.24) is 14.5 Å². The van der Waals surface area contributed by atoms with Crippen LogP contribution in [0.4, 0.5) is 13.2 Å². The Labute approximate surface area is 149 Å². The Kier molecular flexibility index (Phi) is 4.96. The number of pyridine rings is 1. The van der Waals surface area contributed by atoms with Crippen molar-refractivity contribution in [1.29, 1.82) is 0 Å². The molecule has 8 heteroatoms. The fraction of sp³-hybridized carbons (Fsp3) is 0.556. The lowest BCUT2D eigenvalue weighted by Gasteiger charge is -2.36. The Morgan fingerprint density at radius 2 is 2.04 bits per heavy atom. The van der Waals surface area contributed by atoms with E-state index in [0.717, 1.165) is 0 Å². The van der Waals surface area contributed by atoms with Crippen molar-refractivity contribution in [2.45, 2.75) is 38.9 Å². The average Bonchev–Trinajstić information content (AvgIpc) is 2.85. The molecule has 2 aromatic rings. The summed E-state index contributed by atoms with van der Waals surface area (Å²) in [7, 11) is 0. The van der Waals surface area contributed by atoms with Crippen LogP contribution in [0.15, 0.2) is 18.3 Å². The number of likely N-dealkylation sites (tertiary alicyclic amines) is 1. The second kappa shape index (κ2) is 6.90. The first-order chi connectivity index (χ1) is 12.2. The first-order valence-electron chi connectivity index (χ1n) is 8.67. The molecule has 1 fully saturated rings. The maximum absolute atomic E-state index is 12.6. The van der Waals surface area contributed by atoms with Crippen LogP contribution < -0.4 is 0 Å². The van der Waals surface area contributed by atoms with Crippen molar-refractivity contribution in [2.24, 2.45) is 5.92 Å². The van der Waals surface area contributed by atoms with Gasteiger partial charge in [-0.3, -0.25) is 4.90 Å². The standard InChI is InChI=1S/C18H22F3N3O2/c1-11(13-5-8-23(9-6-13)10-18(19,20)21)24-12(2)15(17(25)26)14-4-3-7-22-16(14)24/h3-4,7,11,13H,5-6,8-10H2,1-2H3,(H,25,26). The molecule has 0 aromatic carbocycles. The van der Waals surface area contributed by atoms with Gasteiger partial charge in [-0.15, -0.1) is 0 Å². The molecule has 1 unspecified atom stereocenters. The average molecular weight is 369 g/mol. The van der Waals surface area contributed by atoms with Gasteiger partial charge in [-0.05, 0) is 57.8 Å². The van der Waals surface area contributed by atoms with Crippen molar-refractivity contribution in [3.63, 3.8) is 0 Å². The molecule has 26 heavy (non-hydrogen) atoms. The lowest BCUT2D eigenvalue weighted by atomic mass is 9.90. The summed E-state index contributed by atoms with van der Waals surface area (Å²) in [6.07, 6.45) is -1.26. The number of aromatic nitrogens is 2. The van der Waals surface area contributed by atoms with Crippen LogP contribution in [0, 0.1) is 12.8 Å². The summed E-state index contributed by atoms with van der Waals surface area (Å²) < 4.78 is 39.6. The lowest BCUT2D eigenvalue weighted by Crippen LogP contribution is -2.41.